The van der Waals surface area contributed by atoms with Gasteiger partial charge < -0.3 is 10.0 Å². The third-order valence-corrected chi connectivity index (χ3v) is 1.70. The second kappa shape index (κ2) is 3.87. The maximum absolute atomic E-state index is 12.8. The lowest BCUT2D eigenvalue weighted by Gasteiger charge is -2.01. The topological polar surface area (TPSA) is 57.5 Å². The molecule has 1 aromatic carbocycles. The number of hydrogen-bond donors (Lipinski definition) is 2. The predicted octanol–water partition coefficient (Wildman–Crippen LogP) is -0.115. The summed E-state index contributed by atoms with van der Waals surface area (Å²) >= 11 is 5.04. The fraction of sp³-hybridized carbons (Fsp3) is 0. The highest BCUT2D eigenvalue weighted by atomic mass is 35.5. The van der Waals surface area contributed by atoms with Crippen molar-refractivity contribution in [2.75, 3.05) is 0 Å². The van der Waals surface area contributed by atoms with E-state index in [2.05, 4.69) is 0 Å². The number of carbonyl (C=O) groups is 1. The number of rotatable bonds is 2. The molecule has 68 valence electrons. The van der Waals surface area contributed by atoms with Crippen LogP contribution in [0.15, 0.2) is 18.2 Å². The summed E-state index contributed by atoms with van der Waals surface area (Å²) in [7, 11) is -1.74. The SMILES string of the molecule is O=C(Cl)c1cc(B(O)O)ccc1F. The quantitative estimate of drug-likeness (QED) is 0.519. The van der Waals surface area contributed by atoms with Crippen molar-refractivity contribution in [1.82, 2.24) is 0 Å². The minimum Gasteiger partial charge on any atom is -0.423 e. The summed E-state index contributed by atoms with van der Waals surface area (Å²) in [4.78, 5) is 10.6. The second-order valence-corrected chi connectivity index (χ2v) is 2.73. The molecule has 3 nitrogen and oxygen atoms in total. The largest absolute Gasteiger partial charge is 0.488 e. The Hall–Kier alpha value is -0.905. The lowest BCUT2D eigenvalue weighted by molar-refractivity contribution is 0.107. The van der Waals surface area contributed by atoms with Crippen LogP contribution in [0.2, 0.25) is 0 Å². The molecule has 0 radical (unpaired) electrons. The molecular formula is C7H5BClFO3. The molecule has 2 N–H and O–H groups in total. The fourth-order valence-corrected chi connectivity index (χ4v) is 0.999. The van der Waals surface area contributed by atoms with Crippen LogP contribution in [-0.4, -0.2) is 22.4 Å². The molecule has 0 fully saturated rings. The first-order valence-electron chi connectivity index (χ1n) is 3.38. The Morgan fingerprint density at radius 3 is 2.54 bits per heavy atom. The molecule has 1 rings (SSSR count). The standard InChI is InChI=1S/C7H5BClFO3/c9-7(11)5-3-4(8(12)13)1-2-6(5)10/h1-3,12-13H. The summed E-state index contributed by atoms with van der Waals surface area (Å²) in [6, 6.07) is 3.10. The van der Waals surface area contributed by atoms with E-state index in [1.54, 1.807) is 0 Å². The van der Waals surface area contributed by atoms with Crippen molar-refractivity contribution in [1.29, 1.82) is 0 Å². The summed E-state index contributed by atoms with van der Waals surface area (Å²) in [5, 5.41) is 16.4. The van der Waals surface area contributed by atoms with Gasteiger partial charge >= 0.3 is 7.12 Å². The molecule has 6 heteroatoms. The minimum absolute atomic E-state index is 0.0189. The summed E-state index contributed by atoms with van der Waals surface area (Å²) in [5.74, 6) is -0.788. The van der Waals surface area contributed by atoms with E-state index in [1.807, 2.05) is 0 Å². The van der Waals surface area contributed by atoms with Crippen molar-refractivity contribution in [2.24, 2.45) is 0 Å². The van der Waals surface area contributed by atoms with Gasteiger partial charge in [-0.2, -0.15) is 0 Å². The van der Waals surface area contributed by atoms with Crippen molar-refractivity contribution in [2.45, 2.75) is 0 Å². The summed E-state index contributed by atoms with van der Waals surface area (Å²) in [6.07, 6.45) is 0. The van der Waals surface area contributed by atoms with Gasteiger partial charge in [-0.25, -0.2) is 4.39 Å². The maximum Gasteiger partial charge on any atom is 0.488 e. The zero-order valence-electron chi connectivity index (χ0n) is 6.37. The highest BCUT2D eigenvalue weighted by molar-refractivity contribution is 6.68. The molecule has 0 aliphatic carbocycles. The molecule has 13 heavy (non-hydrogen) atoms. The number of hydrogen-bond acceptors (Lipinski definition) is 3. The van der Waals surface area contributed by atoms with Crippen molar-refractivity contribution in [3.05, 3.63) is 29.6 Å². The van der Waals surface area contributed by atoms with E-state index in [0.717, 1.165) is 18.2 Å². The average Bonchev–Trinajstić information content (AvgIpc) is 2.04. The van der Waals surface area contributed by atoms with Crippen molar-refractivity contribution in [3.63, 3.8) is 0 Å². The van der Waals surface area contributed by atoms with Crippen LogP contribution in [0.1, 0.15) is 10.4 Å². The number of halogens is 2. The zero-order valence-corrected chi connectivity index (χ0v) is 7.12. The molecule has 0 saturated carbocycles. The third-order valence-electron chi connectivity index (χ3n) is 1.50. The Morgan fingerprint density at radius 1 is 1.46 bits per heavy atom. The maximum atomic E-state index is 12.8. The highest BCUT2D eigenvalue weighted by Crippen LogP contribution is 2.08. The molecule has 0 aliphatic heterocycles. The van der Waals surface area contributed by atoms with Crippen LogP contribution in [0.25, 0.3) is 0 Å². The van der Waals surface area contributed by atoms with Gasteiger partial charge in [0.2, 0.25) is 0 Å². The van der Waals surface area contributed by atoms with Gasteiger partial charge in [0.05, 0.1) is 5.56 Å². The Balaban J connectivity index is 3.19. The lowest BCUT2D eigenvalue weighted by Crippen LogP contribution is -2.30. The molecule has 0 heterocycles. The smallest absolute Gasteiger partial charge is 0.423 e. The van der Waals surface area contributed by atoms with E-state index in [9.17, 15) is 9.18 Å². The van der Waals surface area contributed by atoms with Gasteiger partial charge in [0.1, 0.15) is 5.82 Å². The molecule has 0 saturated heterocycles. The lowest BCUT2D eigenvalue weighted by atomic mass is 9.79. The average molecular weight is 202 g/mol. The predicted molar refractivity (Wildman–Crippen MR) is 46.4 cm³/mol. The van der Waals surface area contributed by atoms with Crippen molar-refractivity contribution in [3.8, 4) is 0 Å². The minimum atomic E-state index is -1.74. The summed E-state index contributed by atoms with van der Waals surface area (Å²) in [6.45, 7) is 0. The third kappa shape index (κ3) is 2.27. The second-order valence-electron chi connectivity index (χ2n) is 2.39. The molecule has 1 aromatic rings. The number of carbonyl (C=O) groups excluding carboxylic acids is 1. The van der Waals surface area contributed by atoms with Crippen LogP contribution in [0, 0.1) is 5.82 Å². The van der Waals surface area contributed by atoms with Crippen LogP contribution in [-0.2, 0) is 0 Å². The van der Waals surface area contributed by atoms with Gasteiger partial charge in [0, 0.05) is 0 Å². The van der Waals surface area contributed by atoms with E-state index < -0.39 is 18.2 Å². The number of benzene rings is 1. The molecule has 0 atom stereocenters. The van der Waals surface area contributed by atoms with E-state index in [-0.39, 0.29) is 11.0 Å². The molecular weight excluding hydrogens is 197 g/mol. The fourth-order valence-electron chi connectivity index (χ4n) is 0.854. The van der Waals surface area contributed by atoms with Gasteiger partial charge in [-0.1, -0.05) is 6.07 Å². The van der Waals surface area contributed by atoms with Crippen LogP contribution >= 0.6 is 11.6 Å². The first-order chi connectivity index (χ1) is 6.02. The van der Waals surface area contributed by atoms with Crippen molar-refractivity contribution < 1.29 is 19.2 Å². The van der Waals surface area contributed by atoms with Crippen molar-refractivity contribution >= 4 is 29.4 Å². The summed E-state index contributed by atoms with van der Waals surface area (Å²) in [5.41, 5.74) is -0.349. The van der Waals surface area contributed by atoms with Gasteiger partial charge in [0.15, 0.2) is 0 Å². The molecule has 0 unspecified atom stereocenters. The molecule has 0 aliphatic rings. The van der Waals surface area contributed by atoms with E-state index in [0.29, 0.717) is 0 Å². The van der Waals surface area contributed by atoms with Gasteiger partial charge in [-0.15, -0.1) is 0 Å². The van der Waals surface area contributed by atoms with E-state index in [1.165, 1.54) is 0 Å². The van der Waals surface area contributed by atoms with Crippen LogP contribution in [0.4, 0.5) is 4.39 Å². The zero-order chi connectivity index (χ0) is 10.0. The molecule has 0 amide bonds. The monoisotopic (exact) mass is 202 g/mol. The Bertz CT molecular complexity index is 343. The highest BCUT2D eigenvalue weighted by Gasteiger charge is 2.16. The van der Waals surface area contributed by atoms with E-state index >= 15 is 0 Å². The molecule has 0 aromatic heterocycles. The molecule has 0 spiro atoms. The van der Waals surface area contributed by atoms with E-state index in [4.69, 9.17) is 21.6 Å². The van der Waals surface area contributed by atoms with Crippen LogP contribution < -0.4 is 5.46 Å². The first-order valence-corrected chi connectivity index (χ1v) is 3.75. The Kier molecular flexibility index (Phi) is 3.03. The van der Waals surface area contributed by atoms with Crippen LogP contribution in [0.5, 0.6) is 0 Å². The Labute approximate surface area is 78.9 Å². The van der Waals surface area contributed by atoms with Crippen LogP contribution in [0.3, 0.4) is 0 Å². The summed E-state index contributed by atoms with van der Waals surface area (Å²) < 4.78 is 12.8. The van der Waals surface area contributed by atoms with Gasteiger partial charge in [0.25, 0.3) is 5.24 Å². The normalized spacial score (nSPS) is 9.85. The Morgan fingerprint density at radius 2 is 2.08 bits per heavy atom. The molecule has 0 bridgehead atoms. The van der Waals surface area contributed by atoms with Gasteiger partial charge in [-0.05, 0) is 29.2 Å². The first kappa shape index (κ1) is 10.2. The van der Waals surface area contributed by atoms with Gasteiger partial charge in [-0.3, -0.25) is 4.79 Å².